The summed E-state index contributed by atoms with van der Waals surface area (Å²) >= 11 is 0. The zero-order chi connectivity index (χ0) is 29.1. The fourth-order valence-corrected chi connectivity index (χ4v) is 6.48. The number of aliphatic imine (C=N–C) groups is 1. The fourth-order valence-electron chi connectivity index (χ4n) is 5.18. The summed E-state index contributed by atoms with van der Waals surface area (Å²) in [5.74, 6) is 0.850. The van der Waals surface area contributed by atoms with Gasteiger partial charge < -0.3 is 14.3 Å². The van der Waals surface area contributed by atoms with E-state index in [0.717, 1.165) is 37.1 Å². The first kappa shape index (κ1) is 33.3. The Kier molecular flexibility index (Phi) is 12.9. The quantitative estimate of drug-likeness (QED) is 0.128. The van der Waals surface area contributed by atoms with Crippen LogP contribution in [0, 0.1) is 5.41 Å². The van der Waals surface area contributed by atoms with E-state index < -0.39 is 8.32 Å². The first-order valence-corrected chi connectivity index (χ1v) is 17.9. The molecule has 2 aromatic rings. The van der Waals surface area contributed by atoms with Crippen molar-refractivity contribution in [3.63, 3.8) is 0 Å². The number of aliphatic hydroxyl groups excluding tert-OH is 1. The van der Waals surface area contributed by atoms with Crippen LogP contribution in [0.5, 0.6) is 5.75 Å². The van der Waals surface area contributed by atoms with Gasteiger partial charge in [0.25, 0.3) is 0 Å². The topological polar surface area (TPSA) is 51.1 Å². The van der Waals surface area contributed by atoms with E-state index in [1.54, 1.807) is 7.11 Å². The van der Waals surface area contributed by atoms with Gasteiger partial charge in [0.2, 0.25) is 0 Å². The first-order valence-electron chi connectivity index (χ1n) is 15.0. The molecule has 218 valence electrons. The van der Waals surface area contributed by atoms with E-state index in [0.29, 0.717) is 0 Å². The largest absolute Gasteiger partial charge is 0.497 e. The average Bonchev–Trinajstić information content (AvgIpc) is 2.92. The Balaban J connectivity index is 2.66. The molecular weight excluding hydrogens is 498 g/mol. The van der Waals surface area contributed by atoms with E-state index in [4.69, 9.17) is 14.2 Å². The molecule has 39 heavy (non-hydrogen) atoms. The molecule has 0 aliphatic rings. The number of unbranched alkanes of at least 4 members (excludes halogenated alkanes) is 3. The number of hydrogen-bond donors (Lipinski definition) is 1. The lowest BCUT2D eigenvalue weighted by Gasteiger charge is -2.47. The van der Waals surface area contributed by atoms with Crippen LogP contribution in [0.15, 0.2) is 59.6 Å². The minimum Gasteiger partial charge on any atom is -0.497 e. The number of benzene rings is 2. The molecule has 0 bridgehead atoms. The average molecular weight is 554 g/mol. The molecule has 0 amide bonds. The highest BCUT2D eigenvalue weighted by Crippen LogP contribution is 2.50. The number of rotatable bonds is 16. The van der Waals surface area contributed by atoms with Crippen LogP contribution >= 0.6 is 0 Å². The molecule has 0 heterocycles. The number of hydrogen-bond acceptors (Lipinski definition) is 4. The van der Waals surface area contributed by atoms with Gasteiger partial charge in [0.1, 0.15) is 5.75 Å². The SMILES string of the molecule is CCCCCC[C@](CC)(C(C)=N[C@H](CO)Cc1ccccc1)[C@@H](O[Si](C)(C)C(C)(C)C)c1ccc(OC)cc1. The molecule has 2 rings (SSSR count). The van der Waals surface area contributed by atoms with E-state index in [1.165, 1.54) is 30.4 Å². The van der Waals surface area contributed by atoms with Gasteiger partial charge in [0.15, 0.2) is 8.32 Å². The van der Waals surface area contributed by atoms with E-state index in [9.17, 15) is 5.11 Å². The maximum atomic E-state index is 10.4. The van der Waals surface area contributed by atoms with Crippen LogP contribution < -0.4 is 4.74 Å². The Morgan fingerprint density at radius 3 is 2.10 bits per heavy atom. The zero-order valence-electron chi connectivity index (χ0n) is 26.2. The molecule has 0 aliphatic carbocycles. The molecule has 0 aliphatic heterocycles. The Morgan fingerprint density at radius 1 is 0.949 bits per heavy atom. The highest BCUT2D eigenvalue weighted by atomic mass is 28.4. The van der Waals surface area contributed by atoms with Crippen molar-refractivity contribution in [3.8, 4) is 5.75 Å². The van der Waals surface area contributed by atoms with Gasteiger partial charge in [-0.05, 0) is 67.6 Å². The summed E-state index contributed by atoms with van der Waals surface area (Å²) < 4.78 is 12.9. The van der Waals surface area contributed by atoms with Crippen molar-refractivity contribution in [1.29, 1.82) is 0 Å². The van der Waals surface area contributed by atoms with Gasteiger partial charge in [-0.1, -0.05) is 103 Å². The van der Waals surface area contributed by atoms with Gasteiger partial charge in [0.05, 0.1) is 25.9 Å². The minimum absolute atomic E-state index is 0.0259. The summed E-state index contributed by atoms with van der Waals surface area (Å²) in [6.45, 7) is 18.4. The molecule has 3 atom stereocenters. The number of methoxy groups -OCH3 is 1. The highest BCUT2D eigenvalue weighted by molar-refractivity contribution is 6.74. The van der Waals surface area contributed by atoms with Crippen molar-refractivity contribution >= 4 is 14.0 Å². The Labute approximate surface area is 240 Å². The molecule has 0 saturated carbocycles. The maximum Gasteiger partial charge on any atom is 0.192 e. The molecule has 0 radical (unpaired) electrons. The monoisotopic (exact) mass is 553 g/mol. The summed E-state index contributed by atoms with van der Waals surface area (Å²) in [5, 5.41) is 10.5. The third-order valence-electron chi connectivity index (χ3n) is 8.87. The molecule has 0 unspecified atom stereocenters. The van der Waals surface area contributed by atoms with Crippen LogP contribution in [0.2, 0.25) is 18.1 Å². The summed E-state index contributed by atoms with van der Waals surface area (Å²) in [4.78, 5) is 5.28. The van der Waals surface area contributed by atoms with Crippen molar-refractivity contribution in [1.82, 2.24) is 0 Å². The van der Waals surface area contributed by atoms with E-state index >= 15 is 0 Å². The second-order valence-electron chi connectivity index (χ2n) is 12.6. The third-order valence-corrected chi connectivity index (χ3v) is 13.3. The minimum atomic E-state index is -2.14. The van der Waals surface area contributed by atoms with Gasteiger partial charge >= 0.3 is 0 Å². The molecule has 2 aromatic carbocycles. The Bertz CT molecular complexity index is 997. The maximum absolute atomic E-state index is 10.4. The van der Waals surface area contributed by atoms with Crippen molar-refractivity contribution in [2.45, 2.75) is 117 Å². The Hall–Kier alpha value is -1.95. The smallest absolute Gasteiger partial charge is 0.192 e. The molecule has 1 N–H and O–H groups in total. The summed E-state index contributed by atoms with van der Waals surface area (Å²) in [7, 11) is -0.434. The Morgan fingerprint density at radius 2 is 1.59 bits per heavy atom. The van der Waals surface area contributed by atoms with Gasteiger partial charge in [-0.3, -0.25) is 4.99 Å². The zero-order valence-corrected chi connectivity index (χ0v) is 27.2. The predicted octanol–water partition coefficient (Wildman–Crippen LogP) is 9.19. The lowest BCUT2D eigenvalue weighted by atomic mass is 9.69. The highest BCUT2D eigenvalue weighted by Gasteiger charge is 2.47. The van der Waals surface area contributed by atoms with Crippen LogP contribution in [-0.4, -0.2) is 38.9 Å². The predicted molar refractivity (Wildman–Crippen MR) is 170 cm³/mol. The number of aliphatic hydroxyl groups is 1. The van der Waals surface area contributed by atoms with Crippen molar-refractivity contribution in [2.75, 3.05) is 13.7 Å². The van der Waals surface area contributed by atoms with Crippen LogP contribution in [0.25, 0.3) is 0 Å². The van der Waals surface area contributed by atoms with Crippen LogP contribution in [0.3, 0.4) is 0 Å². The summed E-state index contributed by atoms with van der Waals surface area (Å²) in [5.41, 5.74) is 3.19. The van der Waals surface area contributed by atoms with Crippen molar-refractivity contribution < 1.29 is 14.3 Å². The lowest BCUT2D eigenvalue weighted by molar-refractivity contribution is 0.0687. The first-order chi connectivity index (χ1) is 18.4. The van der Waals surface area contributed by atoms with Crippen LogP contribution in [0.1, 0.15) is 97.3 Å². The molecule has 0 fully saturated rings. The second kappa shape index (κ2) is 15.2. The summed E-state index contributed by atoms with van der Waals surface area (Å²) in [6.07, 6.45) is 7.30. The molecule has 4 nitrogen and oxygen atoms in total. The fraction of sp³-hybridized carbons (Fsp3) is 0.618. The standard InChI is InChI=1S/C34H55NO3Si/c1-10-12-13-17-24-34(11-2,27(3)35-30(26-36)25-28-18-15-14-16-19-28)32(38-39(8,9)33(4,5)6)29-20-22-31(37-7)23-21-29/h14-16,18-23,30,32,36H,10-13,17,24-26H2,1-9H3/t30-,32-,34+/m0/s1. The summed E-state index contributed by atoms with van der Waals surface area (Å²) in [6, 6.07) is 18.6. The lowest BCUT2D eigenvalue weighted by Crippen LogP contribution is -2.47. The second-order valence-corrected chi connectivity index (χ2v) is 17.3. The molecule has 0 saturated heterocycles. The molecule has 0 spiro atoms. The molecular formula is C34H55NO3Si. The normalized spacial score (nSPS) is 16.0. The number of ether oxygens (including phenoxy) is 1. The van der Waals surface area contributed by atoms with E-state index in [-0.39, 0.29) is 29.2 Å². The van der Waals surface area contributed by atoms with Crippen molar-refractivity contribution in [2.24, 2.45) is 10.4 Å². The van der Waals surface area contributed by atoms with Crippen LogP contribution in [-0.2, 0) is 10.8 Å². The third kappa shape index (κ3) is 9.02. The molecule has 5 heteroatoms. The van der Waals surface area contributed by atoms with Gasteiger partial charge in [0, 0.05) is 11.1 Å². The van der Waals surface area contributed by atoms with E-state index in [2.05, 4.69) is 91.0 Å². The van der Waals surface area contributed by atoms with E-state index in [1.807, 2.05) is 18.2 Å². The van der Waals surface area contributed by atoms with Gasteiger partial charge in [-0.2, -0.15) is 0 Å². The van der Waals surface area contributed by atoms with Crippen molar-refractivity contribution in [3.05, 3.63) is 65.7 Å². The van der Waals surface area contributed by atoms with Gasteiger partial charge in [-0.15, -0.1) is 0 Å². The van der Waals surface area contributed by atoms with Gasteiger partial charge in [-0.25, -0.2) is 0 Å². The number of nitrogens with zero attached hydrogens (tertiary/aromatic N) is 1. The molecule has 0 aromatic heterocycles. The van der Waals surface area contributed by atoms with Crippen LogP contribution in [0.4, 0.5) is 0 Å².